The van der Waals surface area contributed by atoms with E-state index in [9.17, 15) is 5.11 Å². The number of rotatable bonds is 1. The van der Waals surface area contributed by atoms with Gasteiger partial charge in [-0.3, -0.25) is 4.98 Å². The van der Waals surface area contributed by atoms with Gasteiger partial charge in [-0.05, 0) is 49.9 Å². The Morgan fingerprint density at radius 1 is 1.25 bits per heavy atom. The number of aliphatic imine (C=N–C) groups is 1. The number of aliphatic hydroxyl groups is 1. The van der Waals surface area contributed by atoms with Gasteiger partial charge >= 0.3 is 0 Å². The maximum Gasteiger partial charge on any atom is 0.283 e. The molecular formula is C21H22ClN3O3. The van der Waals surface area contributed by atoms with Gasteiger partial charge in [0.15, 0.2) is 0 Å². The molecule has 28 heavy (non-hydrogen) atoms. The number of hydrogen-bond donors (Lipinski definition) is 2. The van der Waals surface area contributed by atoms with E-state index in [0.717, 1.165) is 28.9 Å². The molecule has 146 valence electrons. The van der Waals surface area contributed by atoms with Crippen LogP contribution in [0.5, 0.6) is 5.75 Å². The number of ether oxygens (including phenoxy) is 2. The van der Waals surface area contributed by atoms with Gasteiger partial charge < -0.3 is 20.3 Å². The second kappa shape index (κ2) is 6.09. The van der Waals surface area contributed by atoms with Crippen LogP contribution in [0.2, 0.25) is 5.02 Å². The van der Waals surface area contributed by atoms with Crippen molar-refractivity contribution in [2.24, 2.45) is 16.6 Å². The van der Waals surface area contributed by atoms with Crippen LogP contribution in [-0.4, -0.2) is 34.4 Å². The summed E-state index contributed by atoms with van der Waals surface area (Å²) in [6, 6.07) is 8.10. The molecule has 5 rings (SSSR count). The Kier molecular flexibility index (Phi) is 3.87. The summed E-state index contributed by atoms with van der Waals surface area (Å²) in [6.07, 6.45) is 5.42. The topological polar surface area (TPSA) is 90.0 Å². The van der Waals surface area contributed by atoms with Gasteiger partial charge in [0.1, 0.15) is 24.0 Å². The zero-order chi connectivity index (χ0) is 19.5. The van der Waals surface area contributed by atoms with E-state index in [2.05, 4.69) is 11.1 Å². The van der Waals surface area contributed by atoms with Crippen LogP contribution in [0.15, 0.2) is 41.7 Å². The fourth-order valence-electron chi connectivity index (χ4n) is 4.84. The molecule has 0 saturated heterocycles. The molecule has 7 heteroatoms. The van der Waals surface area contributed by atoms with E-state index in [4.69, 9.17) is 31.8 Å². The first-order chi connectivity index (χ1) is 13.4. The van der Waals surface area contributed by atoms with Crippen molar-refractivity contribution in [3.05, 3.63) is 47.2 Å². The largest absolute Gasteiger partial charge is 0.490 e. The molecule has 1 saturated carbocycles. The first-order valence-electron chi connectivity index (χ1n) is 9.49. The Bertz CT molecular complexity index is 977. The number of fused-ring (bicyclic) bond motifs is 4. The third kappa shape index (κ3) is 2.74. The summed E-state index contributed by atoms with van der Waals surface area (Å²) in [7, 11) is 0. The summed E-state index contributed by atoms with van der Waals surface area (Å²) in [5, 5.41) is 11.3. The van der Waals surface area contributed by atoms with Crippen LogP contribution < -0.4 is 10.5 Å². The molecule has 1 fully saturated rings. The summed E-state index contributed by atoms with van der Waals surface area (Å²) in [4.78, 5) is 8.95. The molecule has 1 aliphatic carbocycles. The quantitative estimate of drug-likeness (QED) is 0.768. The summed E-state index contributed by atoms with van der Waals surface area (Å²) < 4.78 is 12.0. The maximum absolute atomic E-state index is 10.7. The Labute approximate surface area is 168 Å². The van der Waals surface area contributed by atoms with E-state index in [-0.39, 0.29) is 18.0 Å². The Balaban J connectivity index is 1.66. The zero-order valence-electron chi connectivity index (χ0n) is 15.6. The molecule has 6 nitrogen and oxygen atoms in total. The molecule has 4 atom stereocenters. The lowest BCUT2D eigenvalue weighted by atomic mass is 9.64. The highest BCUT2D eigenvalue weighted by molar-refractivity contribution is 6.30. The number of halogens is 1. The first kappa shape index (κ1) is 17.8. The average molecular weight is 400 g/mol. The van der Waals surface area contributed by atoms with Gasteiger partial charge in [-0.2, -0.15) is 0 Å². The van der Waals surface area contributed by atoms with Gasteiger partial charge in [0.25, 0.3) is 6.02 Å². The number of benzene rings is 1. The van der Waals surface area contributed by atoms with E-state index in [1.807, 2.05) is 25.1 Å². The molecule has 1 aromatic carbocycles. The second-order valence-electron chi connectivity index (χ2n) is 8.27. The smallest absolute Gasteiger partial charge is 0.283 e. The monoisotopic (exact) mass is 399 g/mol. The van der Waals surface area contributed by atoms with Crippen LogP contribution in [0.1, 0.15) is 31.7 Å². The van der Waals surface area contributed by atoms with Crippen LogP contribution in [0.4, 0.5) is 0 Å². The van der Waals surface area contributed by atoms with Gasteiger partial charge in [0.05, 0.1) is 10.6 Å². The van der Waals surface area contributed by atoms with E-state index >= 15 is 0 Å². The van der Waals surface area contributed by atoms with Crippen molar-refractivity contribution in [2.45, 2.75) is 43.4 Å². The molecule has 0 amide bonds. The predicted octanol–water partition coefficient (Wildman–Crippen LogP) is 3.25. The van der Waals surface area contributed by atoms with Crippen molar-refractivity contribution in [3.8, 4) is 16.9 Å². The van der Waals surface area contributed by atoms with Crippen molar-refractivity contribution >= 4 is 17.6 Å². The molecule has 2 aliphatic heterocycles. The van der Waals surface area contributed by atoms with Crippen LogP contribution in [0.3, 0.4) is 0 Å². The van der Waals surface area contributed by atoms with Crippen molar-refractivity contribution in [1.82, 2.24) is 4.98 Å². The van der Waals surface area contributed by atoms with E-state index in [1.165, 1.54) is 0 Å². The summed E-state index contributed by atoms with van der Waals surface area (Å²) in [6.45, 7) is 2.23. The average Bonchev–Trinajstić information content (AvgIpc) is 3.05. The highest BCUT2D eigenvalue weighted by Gasteiger charge is 2.57. The fourth-order valence-corrected chi connectivity index (χ4v) is 5.01. The van der Waals surface area contributed by atoms with Gasteiger partial charge in [-0.1, -0.05) is 17.7 Å². The number of nitrogens with two attached hydrogens (primary N) is 1. The van der Waals surface area contributed by atoms with Crippen LogP contribution in [0.25, 0.3) is 11.1 Å². The number of aromatic nitrogens is 1. The number of pyridine rings is 1. The molecule has 1 aromatic heterocycles. The van der Waals surface area contributed by atoms with Crippen LogP contribution >= 0.6 is 11.6 Å². The minimum absolute atomic E-state index is 0.0162. The minimum atomic E-state index is -0.754. The number of hydrogen-bond acceptors (Lipinski definition) is 6. The van der Waals surface area contributed by atoms with E-state index < -0.39 is 11.1 Å². The van der Waals surface area contributed by atoms with Crippen molar-refractivity contribution < 1.29 is 14.6 Å². The Hall–Kier alpha value is -2.31. The Morgan fingerprint density at radius 2 is 2.11 bits per heavy atom. The fraction of sp³-hybridized carbons (Fsp3) is 0.429. The Morgan fingerprint density at radius 3 is 2.86 bits per heavy atom. The zero-order valence-corrected chi connectivity index (χ0v) is 16.3. The lowest BCUT2D eigenvalue weighted by Crippen LogP contribution is -2.54. The molecule has 2 unspecified atom stereocenters. The standard InChI is InChI=1S/C21H22ClN3O3/c1-20(26)5-4-18-16(8-20)21(11-27-19(23)25-21)15-7-12(2-3-17(15)28-18)13-6-14(22)10-24-9-13/h2-3,6-7,9-10,16,18,26H,4-5,8,11H2,1H3,(H2,23,25)/t16-,18?,20?,21+/m0/s1. The van der Waals surface area contributed by atoms with E-state index in [0.29, 0.717) is 24.5 Å². The predicted molar refractivity (Wildman–Crippen MR) is 106 cm³/mol. The highest BCUT2D eigenvalue weighted by atomic mass is 35.5. The maximum atomic E-state index is 10.7. The molecule has 3 N–H and O–H groups in total. The summed E-state index contributed by atoms with van der Waals surface area (Å²) in [5.41, 5.74) is 7.36. The van der Waals surface area contributed by atoms with Gasteiger partial charge in [0.2, 0.25) is 0 Å². The van der Waals surface area contributed by atoms with Gasteiger partial charge in [-0.15, -0.1) is 0 Å². The van der Waals surface area contributed by atoms with Crippen molar-refractivity contribution in [1.29, 1.82) is 0 Å². The van der Waals surface area contributed by atoms with Crippen molar-refractivity contribution in [3.63, 3.8) is 0 Å². The normalized spacial score (nSPS) is 33.5. The number of amidine groups is 1. The molecule has 2 aromatic rings. The summed E-state index contributed by atoms with van der Waals surface area (Å²) >= 11 is 6.13. The molecule has 1 spiro atoms. The molecular weight excluding hydrogens is 378 g/mol. The molecule has 0 bridgehead atoms. The first-order valence-corrected chi connectivity index (χ1v) is 9.87. The molecule has 3 heterocycles. The third-order valence-corrected chi connectivity index (χ3v) is 6.41. The lowest BCUT2D eigenvalue weighted by Gasteiger charge is -2.49. The highest BCUT2D eigenvalue weighted by Crippen LogP contribution is 2.54. The molecule has 0 radical (unpaired) electrons. The second-order valence-corrected chi connectivity index (χ2v) is 8.70. The van der Waals surface area contributed by atoms with Crippen LogP contribution in [0, 0.1) is 5.92 Å². The summed E-state index contributed by atoms with van der Waals surface area (Å²) in [5.74, 6) is 0.779. The SMILES string of the molecule is CC1(O)CCC2Oc3ccc(-c4cncc(Cl)c4)cc3[C@]3(COC(N)=N3)[C@H]2C1. The van der Waals surface area contributed by atoms with E-state index in [1.54, 1.807) is 12.4 Å². The lowest BCUT2D eigenvalue weighted by molar-refractivity contribution is -0.0805. The minimum Gasteiger partial charge on any atom is -0.490 e. The van der Waals surface area contributed by atoms with Crippen LogP contribution in [-0.2, 0) is 10.3 Å². The van der Waals surface area contributed by atoms with Crippen molar-refractivity contribution in [2.75, 3.05) is 6.61 Å². The molecule has 3 aliphatic rings. The van der Waals surface area contributed by atoms with Gasteiger partial charge in [-0.25, -0.2) is 4.99 Å². The van der Waals surface area contributed by atoms with Gasteiger partial charge in [0, 0.05) is 29.4 Å². The number of nitrogens with zero attached hydrogens (tertiary/aromatic N) is 2. The third-order valence-electron chi connectivity index (χ3n) is 6.20.